The number of thiazole rings is 1. The van der Waals surface area contributed by atoms with Gasteiger partial charge in [0.1, 0.15) is 10.8 Å². The first-order valence-electron chi connectivity index (χ1n) is 7.05. The fraction of sp³-hybridized carbons (Fsp3) is 0.333. The van der Waals surface area contributed by atoms with Crippen LogP contribution in [0.3, 0.4) is 0 Å². The molecule has 2 heterocycles. The predicted octanol–water partition coefficient (Wildman–Crippen LogP) is 1.92. The van der Waals surface area contributed by atoms with Gasteiger partial charge in [-0.3, -0.25) is 0 Å². The summed E-state index contributed by atoms with van der Waals surface area (Å²) < 4.78 is 7.89. The molecule has 0 amide bonds. The van der Waals surface area contributed by atoms with Crippen molar-refractivity contribution in [2.24, 2.45) is 0 Å². The van der Waals surface area contributed by atoms with Gasteiger partial charge in [-0.1, -0.05) is 12.1 Å². The van der Waals surface area contributed by atoms with Gasteiger partial charge in [-0.25, -0.2) is 9.67 Å². The van der Waals surface area contributed by atoms with Gasteiger partial charge >= 0.3 is 0 Å². The summed E-state index contributed by atoms with van der Waals surface area (Å²) in [5, 5.41) is 14.5. The van der Waals surface area contributed by atoms with Gasteiger partial charge in [0.15, 0.2) is 0 Å². The van der Waals surface area contributed by atoms with Gasteiger partial charge in [0.2, 0.25) is 0 Å². The quantitative estimate of drug-likeness (QED) is 0.725. The number of aliphatic hydroxyl groups excluding tert-OH is 1. The molecule has 0 aliphatic heterocycles. The van der Waals surface area contributed by atoms with Crippen molar-refractivity contribution in [2.45, 2.75) is 13.0 Å². The molecule has 3 aromatic rings. The van der Waals surface area contributed by atoms with E-state index in [1.54, 1.807) is 23.1 Å². The molecule has 22 heavy (non-hydrogen) atoms. The normalized spacial score (nSPS) is 11.4. The van der Waals surface area contributed by atoms with Gasteiger partial charge in [-0.2, -0.15) is 5.10 Å². The first-order valence-corrected chi connectivity index (χ1v) is 7.87. The summed E-state index contributed by atoms with van der Waals surface area (Å²) >= 11 is 1.60. The maximum Gasteiger partial charge on any atom is 0.132 e. The number of nitrogen functional groups attached to an aromatic ring is 1. The fourth-order valence-corrected chi connectivity index (χ4v) is 3.42. The average molecular weight is 318 g/mol. The Morgan fingerprint density at radius 1 is 1.36 bits per heavy atom. The van der Waals surface area contributed by atoms with Gasteiger partial charge in [0.05, 0.1) is 41.2 Å². The second kappa shape index (κ2) is 6.43. The predicted molar refractivity (Wildman–Crippen MR) is 87.9 cm³/mol. The molecule has 0 saturated carbocycles. The zero-order valence-electron chi connectivity index (χ0n) is 12.3. The molecule has 116 valence electrons. The molecule has 0 atom stereocenters. The molecule has 0 bridgehead atoms. The van der Waals surface area contributed by atoms with Crippen LogP contribution in [0.1, 0.15) is 5.69 Å². The lowest BCUT2D eigenvalue weighted by Crippen LogP contribution is -2.08. The zero-order valence-corrected chi connectivity index (χ0v) is 13.1. The fourth-order valence-electron chi connectivity index (χ4n) is 2.38. The number of methoxy groups -OCH3 is 1. The van der Waals surface area contributed by atoms with Crippen molar-refractivity contribution in [1.29, 1.82) is 0 Å². The van der Waals surface area contributed by atoms with Gasteiger partial charge in [-0.15, -0.1) is 11.3 Å². The first-order chi connectivity index (χ1) is 10.7. The van der Waals surface area contributed by atoms with Crippen LogP contribution in [-0.4, -0.2) is 40.2 Å². The highest BCUT2D eigenvalue weighted by atomic mass is 32.1. The summed E-state index contributed by atoms with van der Waals surface area (Å²) in [5.41, 5.74) is 8.89. The van der Waals surface area contributed by atoms with E-state index in [0.717, 1.165) is 26.5 Å². The number of hydrogen-bond donors (Lipinski definition) is 2. The number of para-hydroxylation sites is 1. The number of fused-ring (bicyclic) bond motifs is 1. The Morgan fingerprint density at radius 3 is 2.91 bits per heavy atom. The molecule has 6 nitrogen and oxygen atoms in total. The monoisotopic (exact) mass is 318 g/mol. The number of aromatic nitrogens is 3. The third-order valence-electron chi connectivity index (χ3n) is 3.43. The summed E-state index contributed by atoms with van der Waals surface area (Å²) in [6.45, 7) is 0.930. The molecule has 3 N–H and O–H groups in total. The molecule has 0 aliphatic carbocycles. The molecule has 3 rings (SSSR count). The highest BCUT2D eigenvalue weighted by Gasteiger charge is 2.20. The maximum atomic E-state index is 9.15. The van der Waals surface area contributed by atoms with Crippen LogP contribution in [0.15, 0.2) is 24.3 Å². The van der Waals surface area contributed by atoms with Crippen molar-refractivity contribution in [3.63, 3.8) is 0 Å². The van der Waals surface area contributed by atoms with E-state index in [1.165, 1.54) is 0 Å². The lowest BCUT2D eigenvalue weighted by atomic mass is 10.2. The van der Waals surface area contributed by atoms with Crippen molar-refractivity contribution in [1.82, 2.24) is 14.8 Å². The minimum absolute atomic E-state index is 0.00508. The number of aliphatic hydroxyl groups is 1. The Morgan fingerprint density at radius 2 is 2.18 bits per heavy atom. The number of rotatable bonds is 6. The van der Waals surface area contributed by atoms with Crippen LogP contribution >= 0.6 is 11.3 Å². The van der Waals surface area contributed by atoms with Crippen LogP contribution < -0.4 is 5.73 Å². The summed E-state index contributed by atoms with van der Waals surface area (Å²) in [6, 6.07) is 7.99. The number of ether oxygens (including phenoxy) is 1. The summed E-state index contributed by atoms with van der Waals surface area (Å²) in [5.74, 6) is 0.541. The number of hydrogen-bond acceptors (Lipinski definition) is 6. The second-order valence-electron chi connectivity index (χ2n) is 4.88. The van der Waals surface area contributed by atoms with Crippen molar-refractivity contribution in [2.75, 3.05) is 26.1 Å². The van der Waals surface area contributed by atoms with Crippen LogP contribution in [-0.2, 0) is 17.7 Å². The smallest absolute Gasteiger partial charge is 0.132 e. The lowest BCUT2D eigenvalue weighted by Gasteiger charge is -2.01. The average Bonchev–Trinajstić information content (AvgIpc) is 3.07. The van der Waals surface area contributed by atoms with E-state index >= 15 is 0 Å². The van der Waals surface area contributed by atoms with Gasteiger partial charge < -0.3 is 15.6 Å². The summed E-state index contributed by atoms with van der Waals surface area (Å²) in [6.07, 6.45) is 0.657. The molecule has 0 radical (unpaired) electrons. The zero-order chi connectivity index (χ0) is 15.5. The highest BCUT2D eigenvalue weighted by Crippen LogP contribution is 2.35. The van der Waals surface area contributed by atoms with E-state index in [0.29, 0.717) is 25.4 Å². The first kappa shape index (κ1) is 15.0. The van der Waals surface area contributed by atoms with Crippen LogP contribution in [0.2, 0.25) is 0 Å². The van der Waals surface area contributed by atoms with Crippen molar-refractivity contribution >= 4 is 27.4 Å². The molecule has 0 spiro atoms. The molecule has 0 unspecified atom stereocenters. The Balaban J connectivity index is 2.10. The molecule has 0 aliphatic rings. The molecule has 7 heteroatoms. The van der Waals surface area contributed by atoms with Gasteiger partial charge in [0.25, 0.3) is 0 Å². The van der Waals surface area contributed by atoms with Crippen LogP contribution in [0.25, 0.3) is 20.8 Å². The molecule has 1 aromatic carbocycles. The van der Waals surface area contributed by atoms with E-state index in [9.17, 15) is 0 Å². The lowest BCUT2D eigenvalue weighted by molar-refractivity contribution is 0.201. The Bertz CT molecular complexity index is 748. The summed E-state index contributed by atoms with van der Waals surface area (Å²) in [4.78, 5) is 4.67. The van der Waals surface area contributed by atoms with E-state index < -0.39 is 0 Å². The van der Waals surface area contributed by atoms with E-state index in [4.69, 9.17) is 15.6 Å². The summed E-state index contributed by atoms with van der Waals surface area (Å²) in [7, 11) is 1.66. The van der Waals surface area contributed by atoms with Crippen molar-refractivity contribution in [3.05, 3.63) is 30.0 Å². The van der Waals surface area contributed by atoms with Crippen LogP contribution in [0, 0.1) is 0 Å². The topological polar surface area (TPSA) is 86.2 Å². The number of nitrogens with two attached hydrogens (primary N) is 1. The SMILES string of the molecule is COCCc1nn(CCO)c(N)c1-c1nc2ccccc2s1. The maximum absolute atomic E-state index is 9.15. The van der Waals surface area contributed by atoms with Crippen LogP contribution in [0.4, 0.5) is 5.82 Å². The third kappa shape index (κ3) is 2.70. The van der Waals surface area contributed by atoms with Gasteiger partial charge in [-0.05, 0) is 12.1 Å². The second-order valence-corrected chi connectivity index (χ2v) is 5.91. The Kier molecular flexibility index (Phi) is 4.37. The van der Waals surface area contributed by atoms with E-state index in [2.05, 4.69) is 10.1 Å². The van der Waals surface area contributed by atoms with E-state index in [1.807, 2.05) is 24.3 Å². The minimum atomic E-state index is -0.00508. The molecule has 0 fully saturated rings. The highest BCUT2D eigenvalue weighted by molar-refractivity contribution is 7.21. The minimum Gasteiger partial charge on any atom is -0.394 e. The molecular formula is C15H18N4O2S. The largest absolute Gasteiger partial charge is 0.394 e. The molecular weight excluding hydrogens is 300 g/mol. The standard InChI is InChI=1S/C15H18N4O2S/c1-21-9-6-11-13(14(16)19(18-11)7-8-20)15-17-10-4-2-3-5-12(10)22-15/h2-5,20H,6-9,16H2,1H3. The van der Waals surface area contributed by atoms with Crippen molar-refractivity contribution < 1.29 is 9.84 Å². The third-order valence-corrected chi connectivity index (χ3v) is 4.48. The Hall–Kier alpha value is -1.96. The number of benzene rings is 1. The number of anilines is 1. The molecule has 2 aromatic heterocycles. The number of nitrogens with zero attached hydrogens (tertiary/aromatic N) is 3. The van der Waals surface area contributed by atoms with Gasteiger partial charge in [0, 0.05) is 13.5 Å². The molecule has 0 saturated heterocycles. The Labute approximate surface area is 132 Å². The van der Waals surface area contributed by atoms with E-state index in [-0.39, 0.29) is 6.61 Å². The van der Waals surface area contributed by atoms with Crippen molar-refractivity contribution in [3.8, 4) is 10.6 Å². The van der Waals surface area contributed by atoms with Crippen LogP contribution in [0.5, 0.6) is 0 Å².